The van der Waals surface area contributed by atoms with Crippen LogP contribution in [0.3, 0.4) is 0 Å². The summed E-state index contributed by atoms with van der Waals surface area (Å²) in [7, 11) is 1.60. The Labute approximate surface area is 144 Å². The van der Waals surface area contributed by atoms with E-state index in [2.05, 4.69) is 26.2 Å². The van der Waals surface area contributed by atoms with Gasteiger partial charge in [-0.25, -0.2) is 0 Å². The van der Waals surface area contributed by atoms with E-state index in [1.807, 2.05) is 6.07 Å². The molecular formula is C16H20N6O3. The Bertz CT molecular complexity index is 767. The third-order valence-electron chi connectivity index (χ3n) is 4.33. The van der Waals surface area contributed by atoms with Gasteiger partial charge in [0.2, 0.25) is 0 Å². The van der Waals surface area contributed by atoms with Gasteiger partial charge in [-0.05, 0) is 41.5 Å². The number of methoxy groups -OCH3 is 1. The van der Waals surface area contributed by atoms with Crippen LogP contribution in [0, 0.1) is 0 Å². The Morgan fingerprint density at radius 3 is 3.04 bits per heavy atom. The molecule has 132 valence electrons. The number of ether oxygens (including phenoxy) is 2. The number of anilines is 1. The Kier molecular flexibility index (Phi) is 4.33. The van der Waals surface area contributed by atoms with Crippen molar-refractivity contribution in [2.75, 3.05) is 32.1 Å². The number of tetrazole rings is 1. The third kappa shape index (κ3) is 3.33. The number of amides is 1. The van der Waals surface area contributed by atoms with Gasteiger partial charge in [0.15, 0.2) is 5.82 Å². The molecule has 2 aliphatic rings. The normalized spacial score (nSPS) is 20.3. The summed E-state index contributed by atoms with van der Waals surface area (Å²) in [5.41, 5.74) is 1.35. The maximum Gasteiger partial charge on any atom is 0.254 e. The number of aromatic nitrogens is 4. The highest BCUT2D eigenvalue weighted by Gasteiger charge is 2.31. The Hall–Kier alpha value is -2.52. The van der Waals surface area contributed by atoms with Crippen molar-refractivity contribution in [2.24, 2.45) is 0 Å². The van der Waals surface area contributed by atoms with Crippen LogP contribution >= 0.6 is 0 Å². The van der Waals surface area contributed by atoms with Crippen LogP contribution in [0.4, 0.5) is 5.69 Å². The van der Waals surface area contributed by atoms with E-state index in [9.17, 15) is 4.79 Å². The lowest BCUT2D eigenvalue weighted by Gasteiger charge is -2.23. The molecule has 2 aromatic rings. The predicted octanol–water partition coefficient (Wildman–Crippen LogP) is 0.475. The van der Waals surface area contributed by atoms with E-state index in [0.717, 1.165) is 25.2 Å². The average Bonchev–Trinajstić information content (AvgIpc) is 3.39. The molecule has 1 aromatic heterocycles. The number of nitrogens with zero attached hydrogens (tertiary/aromatic N) is 4. The lowest BCUT2D eigenvalue weighted by Crippen LogP contribution is -2.45. The van der Waals surface area contributed by atoms with Crippen molar-refractivity contribution in [1.29, 1.82) is 0 Å². The van der Waals surface area contributed by atoms with Gasteiger partial charge in [0.1, 0.15) is 17.5 Å². The quantitative estimate of drug-likeness (QED) is 0.813. The van der Waals surface area contributed by atoms with Gasteiger partial charge >= 0.3 is 0 Å². The fourth-order valence-corrected chi connectivity index (χ4v) is 2.85. The van der Waals surface area contributed by atoms with Crippen molar-refractivity contribution >= 4 is 11.6 Å². The summed E-state index contributed by atoms with van der Waals surface area (Å²) >= 11 is 0. The van der Waals surface area contributed by atoms with Crippen LogP contribution in [0.5, 0.6) is 5.75 Å². The largest absolute Gasteiger partial charge is 0.494 e. The van der Waals surface area contributed by atoms with Crippen LogP contribution < -0.4 is 15.4 Å². The molecule has 2 N–H and O–H groups in total. The molecule has 0 spiro atoms. The summed E-state index contributed by atoms with van der Waals surface area (Å²) in [6, 6.07) is 5.40. The molecule has 1 aliphatic heterocycles. The summed E-state index contributed by atoms with van der Waals surface area (Å²) in [5, 5.41) is 18.0. The van der Waals surface area contributed by atoms with Crippen molar-refractivity contribution in [3.05, 3.63) is 24.0 Å². The van der Waals surface area contributed by atoms with Crippen molar-refractivity contribution < 1.29 is 14.3 Å². The summed E-state index contributed by atoms with van der Waals surface area (Å²) in [6.07, 6.45) is 1.69. The van der Waals surface area contributed by atoms with Gasteiger partial charge in [-0.3, -0.25) is 4.79 Å². The number of hydrogen-bond acceptors (Lipinski definition) is 7. The van der Waals surface area contributed by atoms with Crippen LogP contribution in [0.2, 0.25) is 0 Å². The summed E-state index contributed by atoms with van der Waals surface area (Å²) in [4.78, 5) is 12.4. The lowest BCUT2D eigenvalue weighted by molar-refractivity contribution is -0.128. The summed E-state index contributed by atoms with van der Waals surface area (Å²) in [5.74, 6) is 1.67. The smallest absolute Gasteiger partial charge is 0.254 e. The van der Waals surface area contributed by atoms with Crippen molar-refractivity contribution in [3.8, 4) is 11.4 Å². The molecule has 1 saturated carbocycles. The number of morpholine rings is 1. The fourth-order valence-electron chi connectivity index (χ4n) is 2.85. The number of nitrogens with one attached hydrogen (secondary N) is 2. The second-order valence-corrected chi connectivity index (χ2v) is 6.16. The maximum atomic E-state index is 12.4. The van der Waals surface area contributed by atoms with Gasteiger partial charge in [0.05, 0.1) is 13.7 Å². The van der Waals surface area contributed by atoms with Gasteiger partial charge in [0, 0.05) is 24.7 Å². The lowest BCUT2D eigenvalue weighted by atomic mass is 10.2. The van der Waals surface area contributed by atoms with E-state index < -0.39 is 6.10 Å². The van der Waals surface area contributed by atoms with Gasteiger partial charge in [0.25, 0.3) is 5.91 Å². The van der Waals surface area contributed by atoms with E-state index in [1.54, 1.807) is 23.9 Å². The second kappa shape index (κ2) is 6.77. The molecule has 0 bridgehead atoms. The van der Waals surface area contributed by atoms with E-state index in [0.29, 0.717) is 36.2 Å². The molecule has 2 heterocycles. The topological polar surface area (TPSA) is 103 Å². The minimum absolute atomic E-state index is 0.178. The second-order valence-electron chi connectivity index (χ2n) is 6.16. The minimum Gasteiger partial charge on any atom is -0.494 e. The van der Waals surface area contributed by atoms with Crippen molar-refractivity contribution in [2.45, 2.75) is 24.9 Å². The highest BCUT2D eigenvalue weighted by Crippen LogP contribution is 2.40. The van der Waals surface area contributed by atoms with Crippen LogP contribution in [0.15, 0.2) is 18.2 Å². The fraction of sp³-hybridized carbons (Fsp3) is 0.500. The maximum absolute atomic E-state index is 12.4. The molecule has 1 unspecified atom stereocenters. The van der Waals surface area contributed by atoms with Crippen LogP contribution in [-0.4, -0.2) is 59.0 Å². The zero-order chi connectivity index (χ0) is 17.2. The highest BCUT2D eigenvalue weighted by molar-refractivity contribution is 5.94. The van der Waals surface area contributed by atoms with Crippen LogP contribution in [-0.2, 0) is 9.53 Å². The molecule has 9 heteroatoms. The third-order valence-corrected chi connectivity index (χ3v) is 4.33. The molecule has 2 fully saturated rings. The molecule has 1 atom stereocenters. The molecule has 1 saturated heterocycles. The van der Waals surface area contributed by atoms with Gasteiger partial charge < -0.3 is 20.1 Å². The first-order valence-corrected chi connectivity index (χ1v) is 8.36. The first-order chi connectivity index (χ1) is 12.3. The number of rotatable bonds is 5. The predicted molar refractivity (Wildman–Crippen MR) is 88.9 cm³/mol. The van der Waals surface area contributed by atoms with E-state index >= 15 is 0 Å². The molecule has 1 aliphatic carbocycles. The number of hydrogen-bond donors (Lipinski definition) is 2. The van der Waals surface area contributed by atoms with Gasteiger partial charge in [-0.2, -0.15) is 4.68 Å². The molecule has 9 nitrogen and oxygen atoms in total. The first-order valence-electron chi connectivity index (χ1n) is 8.36. The summed E-state index contributed by atoms with van der Waals surface area (Å²) < 4.78 is 12.6. The highest BCUT2D eigenvalue weighted by atomic mass is 16.5. The number of carbonyl (C=O) groups excluding carboxylic acids is 1. The molecule has 0 radical (unpaired) electrons. The number of carbonyl (C=O) groups is 1. The minimum atomic E-state index is -0.491. The monoisotopic (exact) mass is 344 g/mol. The first kappa shape index (κ1) is 16.0. The van der Waals surface area contributed by atoms with E-state index in [4.69, 9.17) is 9.47 Å². The van der Waals surface area contributed by atoms with Crippen LogP contribution in [0.1, 0.15) is 24.6 Å². The van der Waals surface area contributed by atoms with Crippen molar-refractivity contribution in [3.63, 3.8) is 0 Å². The van der Waals surface area contributed by atoms with E-state index in [1.165, 1.54) is 0 Å². The van der Waals surface area contributed by atoms with E-state index in [-0.39, 0.29) is 5.91 Å². The standard InChI is InChI=1S/C16H20N6O3/c1-24-13-5-4-11(18-16(23)14-9-17-6-7-25-14)8-12(13)22-15(10-2-3-10)19-20-21-22/h4-5,8,10,14,17H,2-3,6-7,9H2,1H3,(H,18,23). The molecule has 1 amide bonds. The van der Waals surface area contributed by atoms with Gasteiger partial charge in [-0.15, -0.1) is 5.10 Å². The van der Waals surface area contributed by atoms with Crippen molar-refractivity contribution in [1.82, 2.24) is 25.5 Å². The Morgan fingerprint density at radius 2 is 2.32 bits per heavy atom. The van der Waals surface area contributed by atoms with Gasteiger partial charge in [-0.1, -0.05) is 0 Å². The van der Waals surface area contributed by atoms with Crippen LogP contribution in [0.25, 0.3) is 5.69 Å². The molecule has 4 rings (SSSR count). The Morgan fingerprint density at radius 1 is 1.44 bits per heavy atom. The molecular weight excluding hydrogens is 324 g/mol. The SMILES string of the molecule is COc1ccc(NC(=O)C2CNCCO2)cc1-n1nnnc1C1CC1. The number of benzene rings is 1. The molecule has 1 aromatic carbocycles. The average molecular weight is 344 g/mol. The summed E-state index contributed by atoms with van der Waals surface area (Å²) in [6.45, 7) is 1.80. The Balaban J connectivity index is 1.59. The zero-order valence-corrected chi connectivity index (χ0v) is 13.9. The zero-order valence-electron chi connectivity index (χ0n) is 13.9. The molecule has 25 heavy (non-hydrogen) atoms.